The molecule has 7 heteroatoms. The van der Waals surface area contributed by atoms with E-state index in [-0.39, 0.29) is 17.9 Å². The highest BCUT2D eigenvalue weighted by Gasteiger charge is 2.30. The predicted octanol–water partition coefficient (Wildman–Crippen LogP) is 1.27. The van der Waals surface area contributed by atoms with Crippen molar-refractivity contribution in [1.29, 1.82) is 0 Å². The second-order valence-corrected chi connectivity index (χ2v) is 5.94. The number of amides is 2. The van der Waals surface area contributed by atoms with Gasteiger partial charge in [0, 0.05) is 23.3 Å². The van der Waals surface area contributed by atoms with Crippen LogP contribution in [-0.2, 0) is 14.3 Å². The molecule has 21 heavy (non-hydrogen) atoms. The number of hydrogen-bond donors (Lipinski definition) is 3. The van der Waals surface area contributed by atoms with Crippen molar-refractivity contribution >= 4 is 29.3 Å². The van der Waals surface area contributed by atoms with Gasteiger partial charge >= 0.3 is 0 Å². The number of ether oxygens (including phenoxy) is 1. The number of nitrogens with one attached hydrogen (secondary N) is 2. The van der Waals surface area contributed by atoms with E-state index in [2.05, 4.69) is 10.7 Å². The predicted molar refractivity (Wildman–Crippen MR) is 81.7 cm³/mol. The molecule has 1 fully saturated rings. The van der Waals surface area contributed by atoms with Crippen molar-refractivity contribution in [3.8, 4) is 0 Å². The molecule has 4 N–H and O–H groups in total. The van der Waals surface area contributed by atoms with E-state index < -0.39 is 6.10 Å². The molecule has 0 radical (unpaired) electrons. The molecule has 114 valence electrons. The van der Waals surface area contributed by atoms with Gasteiger partial charge in [-0.2, -0.15) is 0 Å². The van der Waals surface area contributed by atoms with Crippen molar-refractivity contribution in [2.45, 2.75) is 36.9 Å². The van der Waals surface area contributed by atoms with Crippen molar-refractivity contribution < 1.29 is 14.3 Å². The van der Waals surface area contributed by atoms with Crippen LogP contribution in [-0.4, -0.2) is 29.8 Å². The van der Waals surface area contributed by atoms with Crippen LogP contribution in [0.15, 0.2) is 29.2 Å². The lowest BCUT2D eigenvalue weighted by atomic mass is 10.2. The standard InChI is InChI=1S/C14H19N3O3S/c1-9(18)16-10-2-5-12(6-3-10)21-8-11-4-7-13(20-11)14(19)17-15/h2-3,5-6,11,13H,4,7-8,15H2,1H3,(H,16,18)(H,17,19). The normalized spacial score (nSPS) is 21.0. The quantitative estimate of drug-likeness (QED) is 0.330. The van der Waals surface area contributed by atoms with E-state index in [1.165, 1.54) is 6.92 Å². The molecule has 1 saturated heterocycles. The van der Waals surface area contributed by atoms with E-state index in [0.717, 1.165) is 22.8 Å². The summed E-state index contributed by atoms with van der Waals surface area (Å²) in [5, 5.41) is 2.72. The molecule has 1 aliphatic heterocycles. The Morgan fingerprint density at radius 2 is 2.05 bits per heavy atom. The average Bonchev–Trinajstić information content (AvgIpc) is 2.94. The van der Waals surface area contributed by atoms with E-state index in [0.29, 0.717) is 6.42 Å². The van der Waals surface area contributed by atoms with Gasteiger partial charge < -0.3 is 10.1 Å². The number of hydrazine groups is 1. The lowest BCUT2D eigenvalue weighted by Gasteiger charge is -2.12. The van der Waals surface area contributed by atoms with E-state index >= 15 is 0 Å². The minimum atomic E-state index is -0.428. The maximum atomic E-state index is 11.4. The average molecular weight is 309 g/mol. The van der Waals surface area contributed by atoms with Gasteiger partial charge in [-0.3, -0.25) is 15.0 Å². The summed E-state index contributed by atoms with van der Waals surface area (Å²) in [5.41, 5.74) is 2.90. The van der Waals surface area contributed by atoms with Gasteiger partial charge in [-0.05, 0) is 37.1 Å². The highest BCUT2D eigenvalue weighted by atomic mass is 32.2. The third-order valence-corrected chi connectivity index (χ3v) is 4.30. The number of benzene rings is 1. The molecule has 1 aromatic carbocycles. The summed E-state index contributed by atoms with van der Waals surface area (Å²) < 4.78 is 5.64. The Hall–Kier alpha value is -1.57. The molecule has 2 atom stereocenters. The van der Waals surface area contributed by atoms with E-state index in [9.17, 15) is 9.59 Å². The number of carbonyl (C=O) groups excluding carboxylic acids is 2. The molecular weight excluding hydrogens is 290 g/mol. The van der Waals surface area contributed by atoms with Gasteiger partial charge in [0.25, 0.3) is 5.91 Å². The molecule has 1 aliphatic rings. The van der Waals surface area contributed by atoms with Crippen molar-refractivity contribution in [3.63, 3.8) is 0 Å². The van der Waals surface area contributed by atoms with Crippen LogP contribution in [0.5, 0.6) is 0 Å². The van der Waals surface area contributed by atoms with Crippen LogP contribution < -0.4 is 16.6 Å². The van der Waals surface area contributed by atoms with Crippen LogP contribution in [0.3, 0.4) is 0 Å². The molecule has 1 heterocycles. The summed E-state index contributed by atoms with van der Waals surface area (Å²) in [6.45, 7) is 1.48. The fourth-order valence-electron chi connectivity index (χ4n) is 2.14. The molecule has 0 aliphatic carbocycles. The SMILES string of the molecule is CC(=O)Nc1ccc(SCC2CCC(C(=O)NN)O2)cc1. The molecule has 1 aromatic rings. The molecule has 0 bridgehead atoms. The Morgan fingerprint density at radius 3 is 2.67 bits per heavy atom. The molecular formula is C14H19N3O3S. The van der Waals surface area contributed by atoms with Crippen molar-refractivity contribution in [3.05, 3.63) is 24.3 Å². The summed E-state index contributed by atoms with van der Waals surface area (Å²) in [6, 6.07) is 7.64. The van der Waals surface area contributed by atoms with Crippen LogP contribution in [0.2, 0.25) is 0 Å². The first-order valence-corrected chi connectivity index (χ1v) is 7.73. The highest BCUT2D eigenvalue weighted by Crippen LogP contribution is 2.27. The number of rotatable bonds is 5. The lowest BCUT2D eigenvalue weighted by Crippen LogP contribution is -2.39. The highest BCUT2D eigenvalue weighted by molar-refractivity contribution is 7.99. The number of hydrogen-bond acceptors (Lipinski definition) is 5. The van der Waals surface area contributed by atoms with Gasteiger partial charge in [0.05, 0.1) is 6.10 Å². The maximum absolute atomic E-state index is 11.4. The molecule has 6 nitrogen and oxygen atoms in total. The van der Waals surface area contributed by atoms with Gasteiger partial charge in [0.2, 0.25) is 5.91 Å². The van der Waals surface area contributed by atoms with Crippen LogP contribution >= 0.6 is 11.8 Å². The van der Waals surface area contributed by atoms with Gasteiger partial charge in [0.1, 0.15) is 6.10 Å². The molecule has 2 amide bonds. The second kappa shape index (κ2) is 7.44. The van der Waals surface area contributed by atoms with Crippen LogP contribution in [0.1, 0.15) is 19.8 Å². The van der Waals surface area contributed by atoms with E-state index in [1.54, 1.807) is 11.8 Å². The van der Waals surface area contributed by atoms with Crippen LogP contribution in [0.4, 0.5) is 5.69 Å². The van der Waals surface area contributed by atoms with Crippen molar-refractivity contribution in [1.82, 2.24) is 5.43 Å². The van der Waals surface area contributed by atoms with Gasteiger partial charge in [-0.25, -0.2) is 5.84 Å². The van der Waals surface area contributed by atoms with Crippen molar-refractivity contribution in [2.24, 2.45) is 5.84 Å². The summed E-state index contributed by atoms with van der Waals surface area (Å²) >= 11 is 1.67. The molecule has 0 aromatic heterocycles. The minimum Gasteiger partial charge on any atom is -0.364 e. The smallest absolute Gasteiger partial charge is 0.263 e. The monoisotopic (exact) mass is 309 g/mol. The topological polar surface area (TPSA) is 93.5 Å². The fraction of sp³-hybridized carbons (Fsp3) is 0.429. The Bertz CT molecular complexity index is 507. The zero-order valence-electron chi connectivity index (χ0n) is 11.8. The van der Waals surface area contributed by atoms with E-state index in [1.807, 2.05) is 24.3 Å². The third-order valence-electron chi connectivity index (χ3n) is 3.15. The van der Waals surface area contributed by atoms with Gasteiger partial charge in [-0.15, -0.1) is 11.8 Å². The Morgan fingerprint density at radius 1 is 1.33 bits per heavy atom. The summed E-state index contributed by atoms with van der Waals surface area (Å²) in [6.07, 6.45) is 1.19. The molecule has 0 spiro atoms. The van der Waals surface area contributed by atoms with E-state index in [4.69, 9.17) is 10.6 Å². The Kier molecular flexibility index (Phi) is 5.60. The maximum Gasteiger partial charge on any atom is 0.263 e. The zero-order chi connectivity index (χ0) is 15.2. The number of nitrogens with two attached hydrogens (primary N) is 1. The number of thioether (sulfide) groups is 1. The third kappa shape index (κ3) is 4.73. The number of carbonyl (C=O) groups is 2. The first kappa shape index (κ1) is 15.8. The second-order valence-electron chi connectivity index (χ2n) is 4.85. The number of anilines is 1. The molecule has 2 unspecified atom stereocenters. The first-order chi connectivity index (χ1) is 10.1. The van der Waals surface area contributed by atoms with Crippen LogP contribution in [0, 0.1) is 0 Å². The minimum absolute atomic E-state index is 0.0623. The summed E-state index contributed by atoms with van der Waals surface area (Å²) in [4.78, 5) is 23.4. The molecule has 2 rings (SSSR count). The lowest BCUT2D eigenvalue weighted by molar-refractivity contribution is -0.131. The van der Waals surface area contributed by atoms with Crippen LogP contribution in [0.25, 0.3) is 0 Å². The Balaban J connectivity index is 1.78. The first-order valence-electron chi connectivity index (χ1n) is 6.75. The van der Waals surface area contributed by atoms with Gasteiger partial charge in [-0.1, -0.05) is 0 Å². The molecule has 0 saturated carbocycles. The largest absolute Gasteiger partial charge is 0.364 e. The zero-order valence-corrected chi connectivity index (χ0v) is 12.6. The summed E-state index contributed by atoms with van der Waals surface area (Å²) in [5.74, 6) is 5.54. The van der Waals surface area contributed by atoms with Gasteiger partial charge in [0.15, 0.2) is 0 Å². The Labute approximate surface area is 127 Å². The van der Waals surface area contributed by atoms with Crippen molar-refractivity contribution in [2.75, 3.05) is 11.1 Å². The fourth-order valence-corrected chi connectivity index (χ4v) is 3.09. The summed E-state index contributed by atoms with van der Waals surface area (Å²) in [7, 11) is 0.